The molecule has 15 heavy (non-hydrogen) atoms. The molecule has 2 atom stereocenters. The molecule has 1 rings (SSSR count). The van der Waals surface area contributed by atoms with Crippen molar-refractivity contribution in [3.63, 3.8) is 0 Å². The molecule has 0 aromatic carbocycles. The van der Waals surface area contributed by atoms with Crippen molar-refractivity contribution in [2.75, 3.05) is 40.3 Å². The van der Waals surface area contributed by atoms with Crippen LogP contribution in [-0.4, -0.2) is 62.2 Å². The SMILES string of the molecule is CC(C)CN1CC(C)NC(CN(C)C)C1. The molecule has 0 spiro atoms. The van der Waals surface area contributed by atoms with Gasteiger partial charge in [-0.25, -0.2) is 0 Å². The average molecular weight is 213 g/mol. The summed E-state index contributed by atoms with van der Waals surface area (Å²) in [5.41, 5.74) is 0. The molecule has 3 nitrogen and oxygen atoms in total. The van der Waals surface area contributed by atoms with Crippen molar-refractivity contribution in [2.24, 2.45) is 5.92 Å². The lowest BCUT2D eigenvalue weighted by atomic mass is 10.1. The van der Waals surface area contributed by atoms with Crippen LogP contribution in [0.5, 0.6) is 0 Å². The van der Waals surface area contributed by atoms with Crippen LogP contribution in [0.15, 0.2) is 0 Å². The van der Waals surface area contributed by atoms with E-state index in [4.69, 9.17) is 0 Å². The van der Waals surface area contributed by atoms with Crippen LogP contribution < -0.4 is 5.32 Å². The maximum Gasteiger partial charge on any atom is 0.0325 e. The Morgan fingerprint density at radius 3 is 2.53 bits per heavy atom. The summed E-state index contributed by atoms with van der Waals surface area (Å²) in [6.45, 7) is 11.6. The summed E-state index contributed by atoms with van der Waals surface area (Å²) in [4.78, 5) is 4.86. The van der Waals surface area contributed by atoms with Crippen molar-refractivity contribution in [3.05, 3.63) is 0 Å². The van der Waals surface area contributed by atoms with E-state index in [1.54, 1.807) is 0 Å². The van der Waals surface area contributed by atoms with Gasteiger partial charge in [-0.15, -0.1) is 0 Å². The Hall–Kier alpha value is -0.120. The fraction of sp³-hybridized carbons (Fsp3) is 1.00. The summed E-state index contributed by atoms with van der Waals surface area (Å²) in [6.07, 6.45) is 0. The molecule has 0 amide bonds. The zero-order chi connectivity index (χ0) is 11.4. The predicted molar refractivity (Wildman–Crippen MR) is 66.2 cm³/mol. The average Bonchev–Trinajstić information content (AvgIpc) is 1.98. The molecule has 1 aliphatic rings. The Kier molecular flexibility index (Phi) is 5.03. The van der Waals surface area contributed by atoms with Crippen molar-refractivity contribution >= 4 is 0 Å². The normalized spacial score (nSPS) is 29.0. The van der Waals surface area contributed by atoms with Crippen molar-refractivity contribution < 1.29 is 0 Å². The Bertz CT molecular complexity index is 158. The van der Waals surface area contributed by atoms with Crippen LogP contribution in [0.2, 0.25) is 0 Å². The highest BCUT2D eigenvalue weighted by Crippen LogP contribution is 2.07. The minimum atomic E-state index is 0.627. The molecule has 0 radical (unpaired) electrons. The topological polar surface area (TPSA) is 18.5 Å². The van der Waals surface area contributed by atoms with Gasteiger partial charge in [-0.1, -0.05) is 13.8 Å². The second kappa shape index (κ2) is 5.83. The molecule has 1 saturated heterocycles. The predicted octanol–water partition coefficient (Wildman–Crippen LogP) is 0.866. The first-order chi connectivity index (χ1) is 6.97. The Labute approximate surface area is 94.8 Å². The molecule has 3 heteroatoms. The first-order valence-corrected chi connectivity index (χ1v) is 6.10. The van der Waals surface area contributed by atoms with Crippen molar-refractivity contribution in [3.8, 4) is 0 Å². The lowest BCUT2D eigenvalue weighted by Gasteiger charge is -2.39. The molecule has 2 unspecified atom stereocenters. The van der Waals surface area contributed by atoms with E-state index in [0.29, 0.717) is 12.1 Å². The van der Waals surface area contributed by atoms with Gasteiger partial charge in [0.25, 0.3) is 0 Å². The standard InChI is InChI=1S/C12H27N3/c1-10(2)6-15-7-11(3)13-12(9-15)8-14(4)5/h10-13H,6-9H2,1-5H3. The smallest absolute Gasteiger partial charge is 0.0325 e. The van der Waals surface area contributed by atoms with Gasteiger partial charge in [0.05, 0.1) is 0 Å². The van der Waals surface area contributed by atoms with Gasteiger partial charge in [-0.05, 0) is 26.9 Å². The minimum absolute atomic E-state index is 0.627. The zero-order valence-electron chi connectivity index (χ0n) is 11.0. The second-order valence-electron chi connectivity index (χ2n) is 5.64. The summed E-state index contributed by atoms with van der Waals surface area (Å²) < 4.78 is 0. The van der Waals surface area contributed by atoms with Crippen LogP contribution in [0.25, 0.3) is 0 Å². The fourth-order valence-electron chi connectivity index (χ4n) is 2.50. The van der Waals surface area contributed by atoms with Gasteiger partial charge in [-0.3, -0.25) is 4.90 Å². The summed E-state index contributed by atoms with van der Waals surface area (Å²) in [5, 5.41) is 3.67. The van der Waals surface area contributed by atoms with E-state index < -0.39 is 0 Å². The van der Waals surface area contributed by atoms with Crippen LogP contribution in [0.3, 0.4) is 0 Å². The molecule has 1 N–H and O–H groups in total. The number of hydrogen-bond acceptors (Lipinski definition) is 3. The highest BCUT2D eigenvalue weighted by molar-refractivity contribution is 4.85. The van der Waals surface area contributed by atoms with E-state index in [0.717, 1.165) is 12.5 Å². The molecule has 0 aromatic rings. The van der Waals surface area contributed by atoms with E-state index in [9.17, 15) is 0 Å². The number of hydrogen-bond donors (Lipinski definition) is 1. The summed E-state index contributed by atoms with van der Waals surface area (Å²) >= 11 is 0. The molecular weight excluding hydrogens is 186 g/mol. The Morgan fingerprint density at radius 1 is 1.33 bits per heavy atom. The molecule has 0 bridgehead atoms. The van der Waals surface area contributed by atoms with Gasteiger partial charge in [0.2, 0.25) is 0 Å². The van der Waals surface area contributed by atoms with Gasteiger partial charge < -0.3 is 10.2 Å². The molecule has 90 valence electrons. The maximum absolute atomic E-state index is 3.67. The third-order valence-electron chi connectivity index (χ3n) is 2.74. The molecule has 0 aromatic heterocycles. The minimum Gasteiger partial charge on any atom is -0.308 e. The van der Waals surface area contributed by atoms with Crippen molar-refractivity contribution in [1.29, 1.82) is 0 Å². The van der Waals surface area contributed by atoms with E-state index in [1.165, 1.54) is 19.6 Å². The number of likely N-dealkylation sites (N-methyl/N-ethyl adjacent to an activating group) is 1. The third kappa shape index (κ3) is 4.96. The molecule has 0 aliphatic carbocycles. The van der Waals surface area contributed by atoms with Gasteiger partial charge in [0, 0.05) is 38.3 Å². The largest absolute Gasteiger partial charge is 0.308 e. The lowest BCUT2D eigenvalue weighted by Crippen LogP contribution is -2.58. The molecule has 0 saturated carbocycles. The number of rotatable bonds is 4. The highest BCUT2D eigenvalue weighted by Gasteiger charge is 2.24. The van der Waals surface area contributed by atoms with Crippen molar-refractivity contribution in [2.45, 2.75) is 32.9 Å². The van der Waals surface area contributed by atoms with Crippen LogP contribution in [0.1, 0.15) is 20.8 Å². The summed E-state index contributed by atoms with van der Waals surface area (Å²) in [5.74, 6) is 0.773. The quantitative estimate of drug-likeness (QED) is 0.747. The Balaban J connectivity index is 2.41. The summed E-state index contributed by atoms with van der Waals surface area (Å²) in [6, 6.07) is 1.25. The molecule has 1 heterocycles. The van der Waals surface area contributed by atoms with Crippen LogP contribution in [-0.2, 0) is 0 Å². The van der Waals surface area contributed by atoms with E-state index in [1.807, 2.05) is 0 Å². The first kappa shape index (κ1) is 12.9. The molecular formula is C12H27N3. The molecule has 1 aliphatic heterocycles. The van der Waals surface area contributed by atoms with Gasteiger partial charge in [-0.2, -0.15) is 0 Å². The number of nitrogens with one attached hydrogen (secondary N) is 1. The summed E-state index contributed by atoms with van der Waals surface area (Å²) in [7, 11) is 4.29. The maximum atomic E-state index is 3.67. The zero-order valence-corrected chi connectivity index (χ0v) is 11.0. The highest BCUT2D eigenvalue weighted by atomic mass is 15.2. The third-order valence-corrected chi connectivity index (χ3v) is 2.74. The van der Waals surface area contributed by atoms with Crippen molar-refractivity contribution in [1.82, 2.24) is 15.1 Å². The first-order valence-electron chi connectivity index (χ1n) is 6.10. The van der Waals surface area contributed by atoms with Crippen LogP contribution in [0, 0.1) is 5.92 Å². The van der Waals surface area contributed by atoms with E-state index in [-0.39, 0.29) is 0 Å². The van der Waals surface area contributed by atoms with Gasteiger partial charge >= 0.3 is 0 Å². The van der Waals surface area contributed by atoms with Crippen LogP contribution in [0.4, 0.5) is 0 Å². The van der Waals surface area contributed by atoms with E-state index >= 15 is 0 Å². The molecule has 1 fully saturated rings. The van der Waals surface area contributed by atoms with E-state index in [2.05, 4.69) is 50.0 Å². The number of piperazine rings is 1. The fourth-order valence-corrected chi connectivity index (χ4v) is 2.50. The second-order valence-corrected chi connectivity index (χ2v) is 5.64. The van der Waals surface area contributed by atoms with Gasteiger partial charge in [0.1, 0.15) is 0 Å². The Morgan fingerprint density at radius 2 is 2.00 bits per heavy atom. The monoisotopic (exact) mass is 213 g/mol. The van der Waals surface area contributed by atoms with Gasteiger partial charge in [0.15, 0.2) is 0 Å². The lowest BCUT2D eigenvalue weighted by molar-refractivity contribution is 0.137. The number of nitrogens with zero attached hydrogens (tertiary/aromatic N) is 2. The van der Waals surface area contributed by atoms with Crippen LogP contribution >= 0.6 is 0 Å².